The van der Waals surface area contributed by atoms with Crippen LogP contribution < -0.4 is 5.32 Å². The predicted molar refractivity (Wildman–Crippen MR) is 77.9 cm³/mol. The van der Waals surface area contributed by atoms with Gasteiger partial charge in [-0.25, -0.2) is 4.39 Å². The molecule has 2 aromatic carbocycles. The van der Waals surface area contributed by atoms with Gasteiger partial charge in [-0.1, -0.05) is 25.1 Å². The lowest BCUT2D eigenvalue weighted by molar-refractivity contribution is -0.385. The number of nitrogens with one attached hydrogen (secondary N) is 1. The molecule has 0 aliphatic carbocycles. The van der Waals surface area contributed by atoms with Gasteiger partial charge in [0.15, 0.2) is 11.6 Å². The minimum atomic E-state index is -0.693. The molecular formula is C15H15FN2O3. The molecule has 2 N–H and O–H groups in total. The van der Waals surface area contributed by atoms with Crippen molar-refractivity contribution in [3.8, 4) is 5.75 Å². The van der Waals surface area contributed by atoms with E-state index in [0.717, 1.165) is 0 Å². The molecule has 0 saturated heterocycles. The number of halogens is 1. The summed E-state index contributed by atoms with van der Waals surface area (Å²) in [5.41, 5.74) is 1.63. The Kier molecular flexibility index (Phi) is 4.37. The van der Waals surface area contributed by atoms with Crippen LogP contribution in [0.5, 0.6) is 5.75 Å². The molecule has 110 valence electrons. The zero-order valence-corrected chi connectivity index (χ0v) is 11.5. The topological polar surface area (TPSA) is 75.4 Å². The van der Waals surface area contributed by atoms with Gasteiger partial charge in [-0.05, 0) is 18.6 Å². The maximum absolute atomic E-state index is 13.2. The molecule has 21 heavy (non-hydrogen) atoms. The van der Waals surface area contributed by atoms with Crippen LogP contribution in [0.4, 0.5) is 15.8 Å². The summed E-state index contributed by atoms with van der Waals surface area (Å²) in [4.78, 5) is 10.6. The fraction of sp³-hybridized carbons (Fsp3) is 0.200. The van der Waals surface area contributed by atoms with E-state index in [0.29, 0.717) is 23.2 Å². The van der Waals surface area contributed by atoms with Gasteiger partial charge in [0.2, 0.25) is 0 Å². The fourth-order valence-corrected chi connectivity index (χ4v) is 2.04. The highest BCUT2D eigenvalue weighted by Gasteiger charge is 2.13. The number of phenolic OH excluding ortho intramolecular Hbond substituents is 1. The Bertz CT molecular complexity index is 674. The summed E-state index contributed by atoms with van der Waals surface area (Å²) >= 11 is 0. The molecule has 0 aliphatic heterocycles. The Labute approximate surface area is 121 Å². The molecule has 5 nitrogen and oxygen atoms in total. The number of aryl methyl sites for hydroxylation is 1. The van der Waals surface area contributed by atoms with Crippen LogP contribution >= 0.6 is 0 Å². The molecular weight excluding hydrogens is 275 g/mol. The third kappa shape index (κ3) is 3.28. The molecule has 2 aromatic rings. The first kappa shape index (κ1) is 14.8. The molecule has 6 heteroatoms. The minimum absolute atomic E-state index is 0.0472. The summed E-state index contributed by atoms with van der Waals surface area (Å²) < 4.78 is 13.2. The van der Waals surface area contributed by atoms with Crippen molar-refractivity contribution in [1.29, 1.82) is 0 Å². The summed E-state index contributed by atoms with van der Waals surface area (Å²) in [6.45, 7) is 2.02. The standard InChI is InChI=1S/C15H15FN2O3/c1-2-10-6-7-12(8-14(10)18(20)21)17-9-11-4-3-5-13(16)15(11)19/h3-8,17,19H,2,9H2,1H3. The Hall–Kier alpha value is -2.63. The minimum Gasteiger partial charge on any atom is -0.505 e. The fourth-order valence-electron chi connectivity index (χ4n) is 2.04. The predicted octanol–water partition coefficient (Wildman–Crippen LogP) is 3.61. The molecule has 0 unspecified atom stereocenters. The summed E-state index contributed by atoms with van der Waals surface area (Å²) in [7, 11) is 0. The zero-order chi connectivity index (χ0) is 15.4. The van der Waals surface area contributed by atoms with Crippen molar-refractivity contribution in [2.24, 2.45) is 0 Å². The van der Waals surface area contributed by atoms with Gasteiger partial charge in [-0.3, -0.25) is 10.1 Å². The number of hydrogen-bond acceptors (Lipinski definition) is 4. The molecule has 0 aromatic heterocycles. The van der Waals surface area contributed by atoms with E-state index < -0.39 is 16.5 Å². The Morgan fingerprint density at radius 1 is 1.29 bits per heavy atom. The molecule has 0 aliphatic rings. The average Bonchev–Trinajstić information content (AvgIpc) is 2.48. The maximum atomic E-state index is 13.2. The van der Waals surface area contributed by atoms with Crippen molar-refractivity contribution >= 4 is 11.4 Å². The molecule has 0 radical (unpaired) electrons. The highest BCUT2D eigenvalue weighted by molar-refractivity contribution is 5.55. The van der Waals surface area contributed by atoms with Gasteiger partial charge in [0, 0.05) is 29.4 Å². The van der Waals surface area contributed by atoms with Crippen molar-refractivity contribution < 1.29 is 14.4 Å². The number of rotatable bonds is 5. The first-order valence-corrected chi connectivity index (χ1v) is 6.50. The van der Waals surface area contributed by atoms with E-state index in [-0.39, 0.29) is 12.2 Å². The number of anilines is 1. The zero-order valence-electron chi connectivity index (χ0n) is 11.5. The quantitative estimate of drug-likeness (QED) is 0.651. The molecule has 0 heterocycles. The van der Waals surface area contributed by atoms with E-state index >= 15 is 0 Å². The van der Waals surface area contributed by atoms with Gasteiger partial charge in [0.25, 0.3) is 5.69 Å². The van der Waals surface area contributed by atoms with Crippen molar-refractivity contribution in [2.75, 3.05) is 5.32 Å². The lowest BCUT2D eigenvalue weighted by atomic mass is 10.1. The lowest BCUT2D eigenvalue weighted by Crippen LogP contribution is -2.02. The van der Waals surface area contributed by atoms with Gasteiger partial charge >= 0.3 is 0 Å². The van der Waals surface area contributed by atoms with E-state index in [2.05, 4.69) is 5.32 Å². The summed E-state index contributed by atoms with van der Waals surface area (Å²) in [6, 6.07) is 9.10. The van der Waals surface area contributed by atoms with Gasteiger partial charge in [0.1, 0.15) is 0 Å². The highest BCUT2D eigenvalue weighted by Crippen LogP contribution is 2.25. The van der Waals surface area contributed by atoms with Crippen molar-refractivity contribution in [1.82, 2.24) is 0 Å². The second-order valence-electron chi connectivity index (χ2n) is 4.56. The van der Waals surface area contributed by atoms with Crippen LogP contribution in [0.25, 0.3) is 0 Å². The van der Waals surface area contributed by atoms with Crippen LogP contribution in [-0.2, 0) is 13.0 Å². The van der Waals surface area contributed by atoms with E-state index in [1.54, 1.807) is 18.2 Å². The number of para-hydroxylation sites is 1. The van der Waals surface area contributed by atoms with Crippen LogP contribution in [0.3, 0.4) is 0 Å². The summed E-state index contributed by atoms with van der Waals surface area (Å²) in [5.74, 6) is -1.11. The van der Waals surface area contributed by atoms with E-state index in [1.165, 1.54) is 18.2 Å². The highest BCUT2D eigenvalue weighted by atomic mass is 19.1. The number of hydrogen-bond donors (Lipinski definition) is 2. The van der Waals surface area contributed by atoms with E-state index in [4.69, 9.17) is 0 Å². The number of aromatic hydroxyl groups is 1. The van der Waals surface area contributed by atoms with Crippen molar-refractivity contribution in [2.45, 2.75) is 19.9 Å². The molecule has 2 rings (SSSR count). The number of nitrogens with zero attached hydrogens (tertiary/aromatic N) is 1. The average molecular weight is 290 g/mol. The van der Waals surface area contributed by atoms with Crippen LogP contribution in [0.1, 0.15) is 18.1 Å². The number of nitro groups is 1. The van der Waals surface area contributed by atoms with E-state index in [9.17, 15) is 19.6 Å². The van der Waals surface area contributed by atoms with Crippen LogP contribution in [0.15, 0.2) is 36.4 Å². The monoisotopic (exact) mass is 290 g/mol. The Balaban J connectivity index is 2.19. The number of benzene rings is 2. The first-order valence-electron chi connectivity index (χ1n) is 6.50. The summed E-state index contributed by atoms with van der Waals surface area (Å²) in [6.07, 6.45) is 0.571. The molecule has 0 spiro atoms. The maximum Gasteiger partial charge on any atom is 0.274 e. The van der Waals surface area contributed by atoms with Gasteiger partial charge in [0.05, 0.1) is 4.92 Å². The summed E-state index contributed by atoms with van der Waals surface area (Å²) in [5, 5.41) is 23.5. The molecule has 0 saturated carbocycles. The second kappa shape index (κ2) is 6.21. The number of phenols is 1. The smallest absolute Gasteiger partial charge is 0.274 e. The SMILES string of the molecule is CCc1ccc(NCc2cccc(F)c2O)cc1[N+](=O)[O-]. The van der Waals surface area contributed by atoms with E-state index in [1.807, 2.05) is 6.92 Å². The lowest BCUT2D eigenvalue weighted by Gasteiger charge is -2.09. The van der Waals surface area contributed by atoms with Crippen LogP contribution in [0, 0.1) is 15.9 Å². The largest absolute Gasteiger partial charge is 0.505 e. The first-order chi connectivity index (χ1) is 10.0. The van der Waals surface area contributed by atoms with Gasteiger partial charge in [-0.15, -0.1) is 0 Å². The third-order valence-electron chi connectivity index (χ3n) is 3.22. The van der Waals surface area contributed by atoms with Crippen LogP contribution in [-0.4, -0.2) is 10.0 Å². The second-order valence-corrected chi connectivity index (χ2v) is 4.56. The number of nitro benzene ring substituents is 1. The molecule has 0 amide bonds. The Morgan fingerprint density at radius 3 is 2.71 bits per heavy atom. The third-order valence-corrected chi connectivity index (χ3v) is 3.22. The van der Waals surface area contributed by atoms with Gasteiger partial charge in [-0.2, -0.15) is 0 Å². The van der Waals surface area contributed by atoms with Gasteiger partial charge < -0.3 is 10.4 Å². The molecule has 0 atom stereocenters. The Morgan fingerprint density at radius 2 is 2.05 bits per heavy atom. The van der Waals surface area contributed by atoms with Crippen molar-refractivity contribution in [3.63, 3.8) is 0 Å². The van der Waals surface area contributed by atoms with Crippen LogP contribution in [0.2, 0.25) is 0 Å². The molecule has 0 fully saturated rings. The normalized spacial score (nSPS) is 10.4. The van der Waals surface area contributed by atoms with Crippen molar-refractivity contribution in [3.05, 3.63) is 63.5 Å². The molecule has 0 bridgehead atoms.